The summed E-state index contributed by atoms with van der Waals surface area (Å²) < 4.78 is 3.24. The number of aromatic nitrogens is 5. The van der Waals surface area contributed by atoms with Crippen molar-refractivity contribution in [1.82, 2.24) is 24.2 Å². The molecular formula is C19H21N5O2. The Bertz CT molecular complexity index is 1100. The second-order valence-corrected chi connectivity index (χ2v) is 7.02. The maximum Gasteiger partial charge on any atom is 0.232 e. The molecule has 0 saturated carbocycles. The summed E-state index contributed by atoms with van der Waals surface area (Å²) in [5.74, 6) is 0.265. The first-order valence-electron chi connectivity index (χ1n) is 8.68. The standard InChI is InChI=1S/C19H21N5O2/c1-11(2)15-9-17-20-13(10-24(17)22-18(15)25)7-12(3)16-8-14-5-4-6-23(14)21-19(16)26/h4-6,8-12H,7H2,1-3H3,(H,21,26)(H,22,25). The van der Waals surface area contributed by atoms with Gasteiger partial charge in [-0.25, -0.2) is 14.0 Å². The van der Waals surface area contributed by atoms with Crippen LogP contribution in [0.4, 0.5) is 0 Å². The minimum atomic E-state index is 0.0304. The average Bonchev–Trinajstić information content (AvgIpc) is 3.18. The summed E-state index contributed by atoms with van der Waals surface area (Å²) in [7, 11) is 0. The number of imidazole rings is 1. The molecule has 0 saturated heterocycles. The Morgan fingerprint density at radius 3 is 2.50 bits per heavy atom. The highest BCUT2D eigenvalue weighted by molar-refractivity contribution is 5.51. The monoisotopic (exact) mass is 351 g/mol. The highest BCUT2D eigenvalue weighted by Gasteiger charge is 2.17. The largest absolute Gasteiger partial charge is 0.492 e. The van der Waals surface area contributed by atoms with Gasteiger partial charge < -0.3 is 10.2 Å². The van der Waals surface area contributed by atoms with Gasteiger partial charge in [-0.05, 0) is 42.5 Å². The first kappa shape index (κ1) is 16.4. The molecule has 4 aromatic heterocycles. The maximum atomic E-state index is 10.2. The summed E-state index contributed by atoms with van der Waals surface area (Å²) in [5.41, 5.74) is 4.06. The van der Waals surface area contributed by atoms with E-state index >= 15 is 0 Å². The van der Waals surface area contributed by atoms with Gasteiger partial charge in [0.1, 0.15) is 0 Å². The molecule has 1 unspecified atom stereocenters. The Morgan fingerprint density at radius 2 is 1.73 bits per heavy atom. The molecule has 4 rings (SSSR count). The van der Waals surface area contributed by atoms with Crippen LogP contribution in [0.3, 0.4) is 0 Å². The summed E-state index contributed by atoms with van der Waals surface area (Å²) in [4.78, 5) is 4.63. The molecule has 4 heterocycles. The Morgan fingerprint density at radius 1 is 1.00 bits per heavy atom. The third-order valence-corrected chi connectivity index (χ3v) is 4.70. The van der Waals surface area contributed by atoms with Gasteiger partial charge in [-0.2, -0.15) is 0 Å². The van der Waals surface area contributed by atoms with E-state index < -0.39 is 0 Å². The van der Waals surface area contributed by atoms with Gasteiger partial charge in [0.15, 0.2) is 5.65 Å². The molecule has 1 atom stereocenters. The molecule has 0 fully saturated rings. The molecule has 0 amide bonds. The van der Waals surface area contributed by atoms with Crippen LogP contribution in [0.1, 0.15) is 49.4 Å². The van der Waals surface area contributed by atoms with E-state index in [0.29, 0.717) is 12.1 Å². The van der Waals surface area contributed by atoms with E-state index in [0.717, 1.165) is 22.3 Å². The second-order valence-electron chi connectivity index (χ2n) is 7.02. The molecule has 7 nitrogen and oxygen atoms in total. The number of rotatable bonds is 4. The van der Waals surface area contributed by atoms with Crippen LogP contribution >= 0.6 is 0 Å². The predicted molar refractivity (Wildman–Crippen MR) is 97.7 cm³/mol. The van der Waals surface area contributed by atoms with Crippen molar-refractivity contribution < 1.29 is 10.2 Å². The molecule has 0 spiro atoms. The van der Waals surface area contributed by atoms with E-state index in [1.165, 1.54) is 0 Å². The van der Waals surface area contributed by atoms with Crippen molar-refractivity contribution in [2.75, 3.05) is 0 Å². The molecular weight excluding hydrogens is 330 g/mol. The Labute approximate surface area is 150 Å². The van der Waals surface area contributed by atoms with Crippen molar-refractivity contribution in [1.29, 1.82) is 0 Å². The summed E-state index contributed by atoms with van der Waals surface area (Å²) in [6.07, 6.45) is 4.25. The highest BCUT2D eigenvalue weighted by atomic mass is 16.3. The van der Waals surface area contributed by atoms with Gasteiger partial charge in [0.05, 0.1) is 17.4 Å². The highest BCUT2D eigenvalue weighted by Crippen LogP contribution is 2.29. The summed E-state index contributed by atoms with van der Waals surface area (Å²) in [6.45, 7) is 6.05. The van der Waals surface area contributed by atoms with Crippen LogP contribution in [0.5, 0.6) is 11.8 Å². The van der Waals surface area contributed by atoms with Crippen LogP contribution in [0, 0.1) is 0 Å². The van der Waals surface area contributed by atoms with Crippen LogP contribution in [-0.2, 0) is 6.42 Å². The first-order chi connectivity index (χ1) is 12.4. The number of aromatic hydroxyl groups is 2. The average molecular weight is 351 g/mol. The lowest BCUT2D eigenvalue weighted by Crippen LogP contribution is -2.02. The predicted octanol–water partition coefficient (Wildman–Crippen LogP) is 3.26. The van der Waals surface area contributed by atoms with Crippen LogP contribution in [0.2, 0.25) is 0 Å². The minimum Gasteiger partial charge on any atom is -0.492 e. The van der Waals surface area contributed by atoms with E-state index in [9.17, 15) is 10.2 Å². The molecule has 0 bridgehead atoms. The van der Waals surface area contributed by atoms with Crippen LogP contribution in [0.25, 0.3) is 11.2 Å². The number of fused-ring (bicyclic) bond motifs is 2. The van der Waals surface area contributed by atoms with Crippen molar-refractivity contribution in [3.05, 3.63) is 53.5 Å². The van der Waals surface area contributed by atoms with Gasteiger partial charge in [-0.3, -0.25) is 0 Å². The topological polar surface area (TPSA) is 88.0 Å². The number of hydrogen-bond acceptors (Lipinski definition) is 5. The minimum absolute atomic E-state index is 0.0304. The van der Waals surface area contributed by atoms with Gasteiger partial charge in [0.25, 0.3) is 0 Å². The molecule has 7 heteroatoms. The van der Waals surface area contributed by atoms with E-state index in [1.54, 1.807) is 15.2 Å². The van der Waals surface area contributed by atoms with E-state index in [4.69, 9.17) is 0 Å². The van der Waals surface area contributed by atoms with Crippen molar-refractivity contribution in [3.8, 4) is 11.8 Å². The fourth-order valence-corrected chi connectivity index (χ4v) is 3.26. The SMILES string of the molecule is CC(C)c1cc2nc(CC(C)c3cc4cccn4nc3O)cn2nc1O. The fraction of sp³-hybridized carbons (Fsp3) is 0.316. The van der Waals surface area contributed by atoms with Gasteiger partial charge in [0, 0.05) is 17.3 Å². The molecule has 134 valence electrons. The smallest absolute Gasteiger partial charge is 0.232 e. The molecule has 2 N–H and O–H groups in total. The maximum absolute atomic E-state index is 10.2. The lowest BCUT2D eigenvalue weighted by atomic mass is 9.97. The van der Waals surface area contributed by atoms with Crippen LogP contribution in [0.15, 0.2) is 36.7 Å². The summed E-state index contributed by atoms with van der Waals surface area (Å²) in [6, 6.07) is 7.66. The van der Waals surface area contributed by atoms with Gasteiger partial charge >= 0.3 is 0 Å². The van der Waals surface area contributed by atoms with E-state index in [1.807, 2.05) is 51.2 Å². The van der Waals surface area contributed by atoms with Crippen molar-refractivity contribution in [3.63, 3.8) is 0 Å². The Hall–Kier alpha value is -3.09. The molecule has 0 aliphatic carbocycles. The van der Waals surface area contributed by atoms with Crippen LogP contribution < -0.4 is 0 Å². The van der Waals surface area contributed by atoms with E-state index in [-0.39, 0.29) is 23.6 Å². The van der Waals surface area contributed by atoms with Gasteiger partial charge in [-0.1, -0.05) is 20.8 Å². The molecule has 0 radical (unpaired) electrons. The van der Waals surface area contributed by atoms with Gasteiger partial charge in [-0.15, -0.1) is 10.2 Å². The number of hydrogen-bond donors (Lipinski definition) is 2. The second kappa shape index (κ2) is 6.01. The van der Waals surface area contributed by atoms with Crippen molar-refractivity contribution in [2.45, 2.75) is 39.0 Å². The molecule has 0 aromatic carbocycles. The lowest BCUT2D eigenvalue weighted by molar-refractivity contribution is 0.429. The Kier molecular flexibility index (Phi) is 3.79. The van der Waals surface area contributed by atoms with Crippen molar-refractivity contribution in [2.24, 2.45) is 0 Å². The third-order valence-electron chi connectivity index (χ3n) is 4.70. The molecule has 0 aliphatic heterocycles. The zero-order valence-corrected chi connectivity index (χ0v) is 15.0. The quantitative estimate of drug-likeness (QED) is 0.589. The zero-order valence-electron chi connectivity index (χ0n) is 15.0. The normalized spacial score (nSPS) is 13.1. The first-order valence-corrected chi connectivity index (χ1v) is 8.68. The zero-order chi connectivity index (χ0) is 18.4. The lowest BCUT2D eigenvalue weighted by Gasteiger charge is -2.12. The van der Waals surface area contributed by atoms with Gasteiger partial charge in [0.2, 0.25) is 11.8 Å². The fourth-order valence-electron chi connectivity index (χ4n) is 3.26. The third kappa shape index (κ3) is 2.75. The Balaban J connectivity index is 1.66. The summed E-state index contributed by atoms with van der Waals surface area (Å²) >= 11 is 0. The van der Waals surface area contributed by atoms with E-state index in [2.05, 4.69) is 15.2 Å². The molecule has 26 heavy (non-hydrogen) atoms. The summed E-state index contributed by atoms with van der Waals surface area (Å²) in [5, 5.41) is 28.7. The van der Waals surface area contributed by atoms with Crippen LogP contribution in [-0.4, -0.2) is 34.4 Å². The molecule has 4 aromatic rings. The van der Waals surface area contributed by atoms with Crippen molar-refractivity contribution >= 4 is 11.2 Å². The molecule has 0 aliphatic rings. The number of nitrogens with zero attached hydrogens (tertiary/aromatic N) is 5.